The van der Waals surface area contributed by atoms with Gasteiger partial charge in [0.2, 0.25) is 0 Å². The molecule has 2 nitrogen and oxygen atoms in total. The average Bonchev–Trinajstić information content (AvgIpc) is 1.63. The van der Waals surface area contributed by atoms with Crippen LogP contribution in [0.4, 0.5) is 0 Å². The first-order chi connectivity index (χ1) is 4.06. The molecule has 0 saturated heterocycles. The maximum absolute atomic E-state index is 8.96. The summed E-state index contributed by atoms with van der Waals surface area (Å²) >= 11 is 5.93. The van der Waals surface area contributed by atoms with Crippen molar-refractivity contribution in [2.75, 3.05) is 0 Å². The minimum atomic E-state index is -0.987. The van der Waals surface area contributed by atoms with Crippen LogP contribution in [0.5, 0.6) is 0 Å². The van der Waals surface area contributed by atoms with E-state index in [-0.39, 0.29) is 0 Å². The molecule has 0 amide bonds. The molecular formula is C5H8Br2O2. The van der Waals surface area contributed by atoms with Gasteiger partial charge in [0.1, 0.15) is 0 Å². The van der Waals surface area contributed by atoms with Gasteiger partial charge >= 0.3 is 0 Å². The van der Waals surface area contributed by atoms with E-state index in [0.717, 1.165) is 6.26 Å². The van der Waals surface area contributed by atoms with Crippen molar-refractivity contribution in [3.8, 4) is 0 Å². The van der Waals surface area contributed by atoms with Crippen LogP contribution >= 0.6 is 31.9 Å². The summed E-state index contributed by atoms with van der Waals surface area (Å²) in [6, 6.07) is 0. The van der Waals surface area contributed by atoms with Crippen LogP contribution < -0.4 is 0 Å². The molecule has 0 saturated carbocycles. The van der Waals surface area contributed by atoms with Crippen molar-refractivity contribution in [3.63, 3.8) is 0 Å². The number of aliphatic hydroxyl groups is 2. The maximum Gasteiger partial charge on any atom is 0.175 e. The monoisotopic (exact) mass is 258 g/mol. The van der Waals surface area contributed by atoms with Gasteiger partial charge in [0, 0.05) is 6.42 Å². The highest BCUT2D eigenvalue weighted by Gasteiger charge is 2.14. The number of alkyl halides is 2. The van der Waals surface area contributed by atoms with Gasteiger partial charge in [0.15, 0.2) is 3.42 Å². The molecule has 4 heteroatoms. The lowest BCUT2D eigenvalue weighted by Crippen LogP contribution is -2.07. The second kappa shape index (κ2) is 4.30. The molecule has 0 aromatic rings. The van der Waals surface area contributed by atoms with Crippen LogP contribution in [0.15, 0.2) is 12.3 Å². The van der Waals surface area contributed by atoms with Crippen molar-refractivity contribution in [1.29, 1.82) is 0 Å². The molecule has 0 aliphatic carbocycles. The summed E-state index contributed by atoms with van der Waals surface area (Å²) in [5, 5.41) is 17.1. The van der Waals surface area contributed by atoms with E-state index in [1.54, 1.807) is 6.08 Å². The Morgan fingerprint density at radius 2 is 2.00 bits per heavy atom. The highest BCUT2D eigenvalue weighted by atomic mass is 79.9. The second-order valence-corrected chi connectivity index (χ2v) is 5.28. The lowest BCUT2D eigenvalue weighted by atomic mass is 10.3. The Bertz CT molecular complexity index is 95.6. The fourth-order valence-electron chi connectivity index (χ4n) is 0.332. The van der Waals surface area contributed by atoms with E-state index in [4.69, 9.17) is 10.2 Å². The minimum absolute atomic E-state index is 0.518. The Morgan fingerprint density at radius 1 is 1.44 bits per heavy atom. The summed E-state index contributed by atoms with van der Waals surface area (Å²) in [5.41, 5.74) is 0. The quantitative estimate of drug-likeness (QED) is 0.603. The normalized spacial score (nSPS) is 12.8. The molecule has 0 aliphatic rings. The SMILES string of the molecule is OC=CCCC(O)(Br)Br. The van der Waals surface area contributed by atoms with Crippen molar-refractivity contribution in [2.45, 2.75) is 16.3 Å². The average molecular weight is 260 g/mol. The maximum atomic E-state index is 8.96. The third-order valence-corrected chi connectivity index (χ3v) is 1.51. The summed E-state index contributed by atoms with van der Waals surface area (Å²) in [4.78, 5) is 0. The molecule has 0 aromatic heterocycles. The van der Waals surface area contributed by atoms with Crippen LogP contribution in [0, 0.1) is 0 Å². The van der Waals surface area contributed by atoms with Gasteiger partial charge in [-0.1, -0.05) is 0 Å². The molecule has 0 spiro atoms. The number of rotatable bonds is 3. The van der Waals surface area contributed by atoms with Crippen LogP contribution in [0.1, 0.15) is 12.8 Å². The molecule has 0 atom stereocenters. The molecule has 0 bridgehead atoms. The predicted octanol–water partition coefficient (Wildman–Crippen LogP) is 2.27. The van der Waals surface area contributed by atoms with Gasteiger partial charge in [-0.2, -0.15) is 0 Å². The van der Waals surface area contributed by atoms with Gasteiger partial charge in [0.05, 0.1) is 6.26 Å². The Kier molecular flexibility index (Phi) is 4.52. The Balaban J connectivity index is 3.28. The zero-order valence-corrected chi connectivity index (χ0v) is 7.89. The van der Waals surface area contributed by atoms with Gasteiger partial charge in [0.25, 0.3) is 0 Å². The summed E-state index contributed by atoms with van der Waals surface area (Å²) in [7, 11) is 0. The topological polar surface area (TPSA) is 40.5 Å². The van der Waals surface area contributed by atoms with E-state index in [1.165, 1.54) is 0 Å². The third-order valence-electron chi connectivity index (χ3n) is 0.717. The summed E-state index contributed by atoms with van der Waals surface area (Å²) < 4.78 is -0.987. The first-order valence-electron chi connectivity index (χ1n) is 2.45. The standard InChI is InChI=1S/C5H8Br2O2/c6-5(7,9)3-1-2-4-8/h2,4,8-9H,1,3H2. The number of hydrogen-bond donors (Lipinski definition) is 2. The fraction of sp³-hybridized carbons (Fsp3) is 0.600. The number of aliphatic hydroxyl groups excluding tert-OH is 1. The van der Waals surface area contributed by atoms with Gasteiger partial charge < -0.3 is 10.2 Å². The first kappa shape index (κ1) is 9.46. The van der Waals surface area contributed by atoms with E-state index < -0.39 is 3.42 Å². The summed E-state index contributed by atoms with van der Waals surface area (Å²) in [6.07, 6.45) is 3.67. The highest BCUT2D eigenvalue weighted by Crippen LogP contribution is 2.27. The molecule has 0 fully saturated rings. The van der Waals surface area contributed by atoms with E-state index in [9.17, 15) is 0 Å². The Hall–Kier alpha value is 0.460. The van der Waals surface area contributed by atoms with Crippen LogP contribution in [-0.2, 0) is 0 Å². The van der Waals surface area contributed by atoms with Gasteiger partial charge in [-0.15, -0.1) is 0 Å². The molecule has 0 aromatic carbocycles. The molecule has 0 rings (SSSR count). The van der Waals surface area contributed by atoms with Crippen molar-refractivity contribution >= 4 is 31.9 Å². The van der Waals surface area contributed by atoms with Crippen LogP contribution in [0.25, 0.3) is 0 Å². The molecule has 0 aliphatic heterocycles. The van der Waals surface area contributed by atoms with Crippen molar-refractivity contribution in [1.82, 2.24) is 0 Å². The van der Waals surface area contributed by atoms with Crippen molar-refractivity contribution in [3.05, 3.63) is 12.3 Å². The first-order valence-corrected chi connectivity index (χ1v) is 4.04. The molecule has 9 heavy (non-hydrogen) atoms. The largest absolute Gasteiger partial charge is 0.516 e. The smallest absolute Gasteiger partial charge is 0.175 e. The summed E-state index contributed by atoms with van der Waals surface area (Å²) in [6.45, 7) is 0. The van der Waals surface area contributed by atoms with E-state index in [2.05, 4.69) is 31.9 Å². The minimum Gasteiger partial charge on any atom is -0.516 e. The van der Waals surface area contributed by atoms with Crippen LogP contribution in [-0.4, -0.2) is 13.6 Å². The highest BCUT2D eigenvalue weighted by molar-refractivity contribution is 9.25. The molecule has 2 N–H and O–H groups in total. The third kappa shape index (κ3) is 8.46. The number of allylic oxidation sites excluding steroid dienone is 1. The molecule has 54 valence electrons. The fourth-order valence-corrected chi connectivity index (χ4v) is 0.789. The lowest BCUT2D eigenvalue weighted by Gasteiger charge is -2.09. The molecule has 0 unspecified atom stereocenters. The number of hydrogen-bond acceptors (Lipinski definition) is 2. The molecule has 0 heterocycles. The van der Waals surface area contributed by atoms with Crippen molar-refractivity contribution in [2.24, 2.45) is 0 Å². The lowest BCUT2D eigenvalue weighted by molar-refractivity contribution is 0.235. The predicted molar refractivity (Wildman–Crippen MR) is 43.8 cm³/mol. The second-order valence-electron chi connectivity index (χ2n) is 1.59. The van der Waals surface area contributed by atoms with Crippen LogP contribution in [0.2, 0.25) is 0 Å². The van der Waals surface area contributed by atoms with Crippen LogP contribution in [0.3, 0.4) is 0 Å². The van der Waals surface area contributed by atoms with E-state index in [0.29, 0.717) is 12.8 Å². The Labute approximate surface area is 70.8 Å². The zero-order valence-electron chi connectivity index (χ0n) is 4.72. The van der Waals surface area contributed by atoms with Gasteiger partial charge in [-0.3, -0.25) is 0 Å². The molecular weight excluding hydrogens is 252 g/mol. The summed E-state index contributed by atoms with van der Waals surface area (Å²) in [5.74, 6) is 0. The van der Waals surface area contributed by atoms with Gasteiger partial charge in [-0.25, -0.2) is 0 Å². The number of halogens is 2. The Morgan fingerprint density at radius 3 is 2.33 bits per heavy atom. The van der Waals surface area contributed by atoms with E-state index in [1.807, 2.05) is 0 Å². The molecule has 0 radical (unpaired) electrons. The van der Waals surface area contributed by atoms with Crippen molar-refractivity contribution < 1.29 is 10.2 Å². The zero-order chi connectivity index (χ0) is 7.33. The van der Waals surface area contributed by atoms with Gasteiger partial charge in [-0.05, 0) is 44.4 Å². The van der Waals surface area contributed by atoms with E-state index >= 15 is 0 Å².